The van der Waals surface area contributed by atoms with Crippen molar-refractivity contribution >= 4 is 35.5 Å². The number of benzene rings is 1. The molecule has 0 aliphatic carbocycles. The molecule has 5 amide bonds. The molecule has 8 atom stereocenters. The van der Waals surface area contributed by atoms with Crippen LogP contribution in [0.4, 0.5) is 0 Å². The monoisotopic (exact) mass is 644 g/mol. The summed E-state index contributed by atoms with van der Waals surface area (Å²) in [5.74, 6) is -4.55. The average molecular weight is 645 g/mol. The van der Waals surface area contributed by atoms with Crippen molar-refractivity contribution in [2.24, 2.45) is 5.92 Å². The molecule has 2 saturated heterocycles. The van der Waals surface area contributed by atoms with Crippen LogP contribution in [0.15, 0.2) is 30.3 Å². The van der Waals surface area contributed by atoms with Gasteiger partial charge in [-0.3, -0.25) is 24.0 Å². The fourth-order valence-electron chi connectivity index (χ4n) is 5.71. The van der Waals surface area contributed by atoms with Crippen molar-refractivity contribution in [3.63, 3.8) is 0 Å². The minimum absolute atomic E-state index is 0.0718. The summed E-state index contributed by atoms with van der Waals surface area (Å²) in [4.78, 5) is 79.4. The molecule has 2 aliphatic heterocycles. The summed E-state index contributed by atoms with van der Waals surface area (Å²) in [5, 5.41) is 33.2. The zero-order valence-corrected chi connectivity index (χ0v) is 27.0. The fourth-order valence-corrected chi connectivity index (χ4v) is 5.71. The van der Waals surface area contributed by atoms with Crippen LogP contribution in [0, 0.1) is 5.92 Å². The van der Waals surface area contributed by atoms with Gasteiger partial charge in [-0.1, -0.05) is 50.6 Å². The summed E-state index contributed by atoms with van der Waals surface area (Å²) in [6.45, 7) is 7.30. The van der Waals surface area contributed by atoms with E-state index in [-0.39, 0.29) is 24.3 Å². The minimum Gasteiger partial charge on any atom is -0.480 e. The number of nitrogens with zero attached hydrogens (tertiary/aromatic N) is 1. The predicted octanol–water partition coefficient (Wildman–Crippen LogP) is -0.557. The van der Waals surface area contributed by atoms with Gasteiger partial charge in [-0.25, -0.2) is 4.79 Å². The Morgan fingerprint density at radius 3 is 2.15 bits per heavy atom. The molecule has 254 valence electrons. The molecule has 2 aliphatic rings. The molecule has 14 nitrogen and oxygen atoms in total. The molecule has 0 aromatic heterocycles. The number of aliphatic hydroxyl groups is 1. The number of aliphatic hydroxyl groups excluding tert-OH is 1. The summed E-state index contributed by atoms with van der Waals surface area (Å²) in [6.07, 6.45) is 1.85. The summed E-state index contributed by atoms with van der Waals surface area (Å²) in [7, 11) is 0. The molecular weight excluding hydrogens is 596 g/mol. The highest BCUT2D eigenvalue weighted by Gasteiger charge is 2.40. The highest BCUT2D eigenvalue weighted by Crippen LogP contribution is 2.21. The first-order chi connectivity index (χ1) is 21.8. The molecule has 1 aromatic rings. The molecule has 1 aromatic carbocycles. The van der Waals surface area contributed by atoms with E-state index in [9.17, 15) is 39.0 Å². The molecule has 0 spiro atoms. The van der Waals surface area contributed by atoms with Crippen molar-refractivity contribution in [1.82, 2.24) is 31.5 Å². The quantitative estimate of drug-likeness (QED) is 0.131. The summed E-state index contributed by atoms with van der Waals surface area (Å²) >= 11 is 0. The Bertz CT molecular complexity index is 1240. The Morgan fingerprint density at radius 2 is 1.57 bits per heavy atom. The first-order valence-electron chi connectivity index (χ1n) is 16.0. The van der Waals surface area contributed by atoms with Gasteiger partial charge in [0.05, 0.1) is 12.1 Å². The SMILES string of the molecule is CC[C@H](C)[C@H](NC(=O)[C@H](C)NC(=O)[C@@H](NC(=O)[C@H](Cc1ccccc1)NC(=O)[C@@H]1CCCN1C(=O)[C@@H]1CCCN1)[C@@H](C)O)C(=O)O. The van der Waals surface area contributed by atoms with Gasteiger partial charge < -0.3 is 41.7 Å². The fraction of sp³-hybridized carbons (Fsp3) is 0.625. The lowest BCUT2D eigenvalue weighted by atomic mass is 9.99. The topological polar surface area (TPSA) is 206 Å². The van der Waals surface area contributed by atoms with E-state index >= 15 is 0 Å². The number of hydrogen-bond donors (Lipinski definition) is 7. The number of aliphatic carboxylic acids is 1. The Kier molecular flexibility index (Phi) is 13.5. The third-order valence-corrected chi connectivity index (χ3v) is 8.70. The van der Waals surface area contributed by atoms with Gasteiger partial charge in [0.15, 0.2) is 0 Å². The minimum atomic E-state index is -1.50. The zero-order valence-electron chi connectivity index (χ0n) is 27.0. The summed E-state index contributed by atoms with van der Waals surface area (Å²) in [6, 6.07) is 2.86. The van der Waals surface area contributed by atoms with Crippen LogP contribution in [-0.2, 0) is 35.2 Å². The molecule has 0 bridgehead atoms. The normalized spacial score (nSPS) is 21.6. The number of hydrogen-bond acceptors (Lipinski definition) is 8. The molecule has 2 heterocycles. The lowest BCUT2D eigenvalue weighted by Crippen LogP contribution is -2.61. The van der Waals surface area contributed by atoms with Crippen LogP contribution in [-0.4, -0.2) is 106 Å². The van der Waals surface area contributed by atoms with Crippen molar-refractivity contribution in [2.75, 3.05) is 13.1 Å². The number of carboxylic acids is 1. The van der Waals surface area contributed by atoms with Crippen molar-refractivity contribution < 1.29 is 39.0 Å². The number of carbonyl (C=O) groups excluding carboxylic acids is 5. The average Bonchev–Trinajstić information content (AvgIpc) is 3.74. The number of carbonyl (C=O) groups is 6. The second-order valence-electron chi connectivity index (χ2n) is 12.3. The van der Waals surface area contributed by atoms with Crippen LogP contribution in [0.3, 0.4) is 0 Å². The maximum Gasteiger partial charge on any atom is 0.326 e. The van der Waals surface area contributed by atoms with Gasteiger partial charge in [0.25, 0.3) is 0 Å². The van der Waals surface area contributed by atoms with Gasteiger partial charge >= 0.3 is 5.97 Å². The molecule has 7 N–H and O–H groups in total. The lowest BCUT2D eigenvalue weighted by molar-refractivity contribution is -0.144. The van der Waals surface area contributed by atoms with Gasteiger partial charge in [0, 0.05) is 13.0 Å². The van der Waals surface area contributed by atoms with E-state index in [2.05, 4.69) is 26.6 Å². The van der Waals surface area contributed by atoms with Crippen molar-refractivity contribution in [3.8, 4) is 0 Å². The van der Waals surface area contributed by atoms with E-state index in [0.29, 0.717) is 32.2 Å². The summed E-state index contributed by atoms with van der Waals surface area (Å²) in [5.41, 5.74) is 0.732. The molecule has 0 radical (unpaired) electrons. The molecule has 0 unspecified atom stereocenters. The van der Waals surface area contributed by atoms with Gasteiger partial charge in [-0.2, -0.15) is 0 Å². The third-order valence-electron chi connectivity index (χ3n) is 8.70. The molecule has 0 saturated carbocycles. The Hall–Kier alpha value is -4.04. The van der Waals surface area contributed by atoms with E-state index in [1.807, 2.05) is 6.07 Å². The summed E-state index contributed by atoms with van der Waals surface area (Å²) < 4.78 is 0. The van der Waals surface area contributed by atoms with Gasteiger partial charge in [-0.15, -0.1) is 0 Å². The smallest absolute Gasteiger partial charge is 0.326 e. The van der Waals surface area contributed by atoms with E-state index in [1.165, 1.54) is 13.8 Å². The van der Waals surface area contributed by atoms with E-state index in [0.717, 1.165) is 18.5 Å². The third kappa shape index (κ3) is 9.73. The van der Waals surface area contributed by atoms with Crippen molar-refractivity contribution in [2.45, 2.75) is 109 Å². The van der Waals surface area contributed by atoms with Gasteiger partial charge in [-0.05, 0) is 57.6 Å². The predicted molar refractivity (Wildman–Crippen MR) is 168 cm³/mol. The maximum absolute atomic E-state index is 13.6. The van der Waals surface area contributed by atoms with Gasteiger partial charge in [0.1, 0.15) is 30.2 Å². The highest BCUT2D eigenvalue weighted by molar-refractivity contribution is 5.96. The standard InChI is InChI=1S/C32H48N6O8/c1-5-18(2)25(32(45)46)36-27(40)19(3)34-30(43)26(20(4)39)37-28(41)23(17-21-11-7-6-8-12-21)35-29(42)24-14-10-16-38(24)31(44)22-13-9-15-33-22/h6-8,11-12,18-20,22-26,33,39H,5,9-10,13-17H2,1-4H3,(H,34,43)(H,35,42)(H,36,40)(H,37,41)(H,45,46)/t18-,19-,20+,22-,23-,24-,25-,26-/m0/s1. The van der Waals surface area contributed by atoms with Crippen LogP contribution in [0.25, 0.3) is 0 Å². The van der Waals surface area contributed by atoms with Crippen LogP contribution in [0.5, 0.6) is 0 Å². The largest absolute Gasteiger partial charge is 0.480 e. The first-order valence-corrected chi connectivity index (χ1v) is 16.0. The molecule has 14 heteroatoms. The molecule has 2 fully saturated rings. The molecular formula is C32H48N6O8. The van der Waals surface area contributed by atoms with Crippen LogP contribution in [0.1, 0.15) is 65.4 Å². The highest BCUT2D eigenvalue weighted by atomic mass is 16.4. The van der Waals surface area contributed by atoms with E-state index in [1.54, 1.807) is 43.0 Å². The van der Waals surface area contributed by atoms with Crippen LogP contribution >= 0.6 is 0 Å². The Labute approximate surface area is 269 Å². The Balaban J connectivity index is 1.72. The number of likely N-dealkylation sites (tertiary alicyclic amines) is 1. The molecule has 3 rings (SSSR count). The maximum atomic E-state index is 13.6. The zero-order chi connectivity index (χ0) is 34.0. The van der Waals surface area contributed by atoms with E-state index < -0.39 is 65.9 Å². The molecule has 46 heavy (non-hydrogen) atoms. The number of rotatable bonds is 15. The Morgan fingerprint density at radius 1 is 0.891 bits per heavy atom. The first kappa shape index (κ1) is 36.4. The number of carboxylic acid groups (broad SMARTS) is 1. The second kappa shape index (κ2) is 17.0. The van der Waals surface area contributed by atoms with Gasteiger partial charge in [0.2, 0.25) is 29.5 Å². The van der Waals surface area contributed by atoms with Crippen LogP contribution < -0.4 is 26.6 Å². The van der Waals surface area contributed by atoms with E-state index in [4.69, 9.17) is 0 Å². The second-order valence-corrected chi connectivity index (χ2v) is 12.3. The lowest BCUT2D eigenvalue weighted by Gasteiger charge is -2.29. The van der Waals surface area contributed by atoms with Crippen LogP contribution in [0.2, 0.25) is 0 Å². The van der Waals surface area contributed by atoms with Crippen molar-refractivity contribution in [3.05, 3.63) is 35.9 Å². The van der Waals surface area contributed by atoms with Crippen molar-refractivity contribution in [1.29, 1.82) is 0 Å². The number of nitrogens with one attached hydrogen (secondary N) is 5. The number of amides is 5.